The second-order valence-corrected chi connectivity index (χ2v) is 6.66. The summed E-state index contributed by atoms with van der Waals surface area (Å²) in [6.07, 6.45) is 1.11. The largest absolute Gasteiger partial charge is 0.501 e. The molecule has 0 saturated carbocycles. The van der Waals surface area contributed by atoms with Gasteiger partial charge >= 0.3 is 5.69 Å². The summed E-state index contributed by atoms with van der Waals surface area (Å²) in [6, 6.07) is 7.02. The standard InChI is InChI=1S/C19H17N5O6/c1-10-4-5-13(6-11(10)2)22-19(26)15(12(3)21-22)9-20-16-7-14(23(27)28)8-17(18(16)25)24(29)30/h4-9,21,25H,1-3H3. The van der Waals surface area contributed by atoms with Gasteiger partial charge in [-0.3, -0.25) is 35.1 Å². The molecule has 1 aromatic heterocycles. The van der Waals surface area contributed by atoms with Crippen LogP contribution in [0.4, 0.5) is 17.1 Å². The van der Waals surface area contributed by atoms with Crippen molar-refractivity contribution in [2.75, 3.05) is 0 Å². The summed E-state index contributed by atoms with van der Waals surface area (Å²) in [5.41, 5.74) is 0.991. The van der Waals surface area contributed by atoms with E-state index in [0.29, 0.717) is 17.4 Å². The van der Waals surface area contributed by atoms with Crippen LogP contribution in [0.15, 0.2) is 40.1 Å². The minimum Gasteiger partial charge on any atom is -0.501 e. The molecule has 0 radical (unpaired) electrons. The van der Waals surface area contributed by atoms with Crippen LogP contribution in [0.3, 0.4) is 0 Å². The van der Waals surface area contributed by atoms with Crippen molar-refractivity contribution in [3.05, 3.63) is 83.3 Å². The van der Waals surface area contributed by atoms with E-state index in [9.17, 15) is 30.1 Å². The molecule has 11 nitrogen and oxygen atoms in total. The predicted octanol–water partition coefficient (Wildman–Crippen LogP) is 3.36. The maximum Gasteiger partial charge on any atom is 0.319 e. The zero-order valence-electron chi connectivity index (χ0n) is 16.2. The quantitative estimate of drug-likeness (QED) is 0.372. The number of nitro benzene ring substituents is 2. The fourth-order valence-electron chi connectivity index (χ4n) is 2.82. The van der Waals surface area contributed by atoms with Gasteiger partial charge in [-0.15, -0.1) is 0 Å². The Morgan fingerprint density at radius 1 is 1.07 bits per heavy atom. The average Bonchev–Trinajstić information content (AvgIpc) is 2.96. The lowest BCUT2D eigenvalue weighted by Gasteiger charge is -2.05. The van der Waals surface area contributed by atoms with E-state index in [1.165, 1.54) is 4.68 Å². The summed E-state index contributed by atoms with van der Waals surface area (Å²) < 4.78 is 1.32. The summed E-state index contributed by atoms with van der Waals surface area (Å²) in [4.78, 5) is 37.0. The van der Waals surface area contributed by atoms with Crippen molar-refractivity contribution in [2.24, 2.45) is 4.99 Å². The van der Waals surface area contributed by atoms with Gasteiger partial charge in [-0.05, 0) is 44.0 Å². The molecule has 0 aliphatic heterocycles. The van der Waals surface area contributed by atoms with Crippen LogP contribution in [0.1, 0.15) is 22.4 Å². The number of aromatic hydroxyl groups is 1. The van der Waals surface area contributed by atoms with E-state index in [1.54, 1.807) is 13.0 Å². The van der Waals surface area contributed by atoms with E-state index in [1.807, 2.05) is 26.0 Å². The molecule has 3 aromatic rings. The zero-order chi connectivity index (χ0) is 22.2. The van der Waals surface area contributed by atoms with Crippen LogP contribution in [-0.4, -0.2) is 30.9 Å². The Morgan fingerprint density at radius 3 is 2.37 bits per heavy atom. The molecule has 0 aliphatic rings. The van der Waals surface area contributed by atoms with Gasteiger partial charge in [0.05, 0.1) is 27.2 Å². The molecule has 0 bridgehead atoms. The summed E-state index contributed by atoms with van der Waals surface area (Å²) in [6.45, 7) is 5.50. The normalized spacial score (nSPS) is 11.2. The lowest BCUT2D eigenvalue weighted by atomic mass is 10.1. The van der Waals surface area contributed by atoms with Gasteiger partial charge in [-0.25, -0.2) is 4.68 Å². The topological polar surface area (TPSA) is 157 Å². The van der Waals surface area contributed by atoms with Gasteiger partial charge in [0.2, 0.25) is 5.75 Å². The summed E-state index contributed by atoms with van der Waals surface area (Å²) >= 11 is 0. The van der Waals surface area contributed by atoms with Crippen LogP contribution in [0.2, 0.25) is 0 Å². The number of non-ortho nitro benzene ring substituents is 1. The van der Waals surface area contributed by atoms with Gasteiger partial charge in [0, 0.05) is 18.0 Å². The molecular formula is C19H17N5O6. The van der Waals surface area contributed by atoms with Crippen LogP contribution in [0, 0.1) is 41.0 Å². The number of phenols is 1. The highest BCUT2D eigenvalue weighted by atomic mass is 16.6. The number of benzene rings is 2. The molecule has 30 heavy (non-hydrogen) atoms. The monoisotopic (exact) mass is 411 g/mol. The zero-order valence-corrected chi connectivity index (χ0v) is 16.2. The van der Waals surface area contributed by atoms with Crippen LogP contribution in [0.25, 0.3) is 5.69 Å². The highest BCUT2D eigenvalue weighted by Crippen LogP contribution is 2.39. The first-order valence-corrected chi connectivity index (χ1v) is 8.69. The Morgan fingerprint density at radius 2 is 1.77 bits per heavy atom. The molecule has 11 heteroatoms. The number of hydrogen-bond donors (Lipinski definition) is 2. The molecular weight excluding hydrogens is 394 g/mol. The molecule has 3 rings (SSSR count). The van der Waals surface area contributed by atoms with Gasteiger partial charge in [0.1, 0.15) is 5.69 Å². The van der Waals surface area contributed by atoms with Crippen LogP contribution in [-0.2, 0) is 0 Å². The van der Waals surface area contributed by atoms with Crippen LogP contribution >= 0.6 is 0 Å². The molecule has 0 amide bonds. The third kappa shape index (κ3) is 3.68. The minimum atomic E-state index is -0.949. The van der Waals surface area contributed by atoms with Gasteiger partial charge in [-0.2, -0.15) is 0 Å². The first-order valence-electron chi connectivity index (χ1n) is 8.69. The van der Waals surface area contributed by atoms with E-state index in [-0.39, 0.29) is 5.56 Å². The fourth-order valence-corrected chi connectivity index (χ4v) is 2.82. The third-order valence-electron chi connectivity index (χ3n) is 4.66. The van der Waals surface area contributed by atoms with Gasteiger partial charge in [0.15, 0.2) is 0 Å². The number of aryl methyl sites for hydroxylation is 3. The smallest absolute Gasteiger partial charge is 0.319 e. The number of aromatic nitrogens is 2. The molecule has 0 spiro atoms. The third-order valence-corrected chi connectivity index (χ3v) is 4.66. The summed E-state index contributed by atoms with van der Waals surface area (Å²) in [5.74, 6) is -0.829. The summed E-state index contributed by atoms with van der Waals surface area (Å²) in [5, 5.41) is 35.1. The molecule has 0 atom stereocenters. The number of nitrogens with zero attached hydrogens (tertiary/aromatic N) is 4. The lowest BCUT2D eigenvalue weighted by Crippen LogP contribution is -2.17. The van der Waals surface area contributed by atoms with Crippen molar-refractivity contribution in [3.63, 3.8) is 0 Å². The Hall–Kier alpha value is -4.28. The average molecular weight is 411 g/mol. The van der Waals surface area contributed by atoms with Crippen LogP contribution in [0.5, 0.6) is 5.75 Å². The molecule has 2 aromatic carbocycles. The maximum atomic E-state index is 12.8. The molecule has 2 N–H and O–H groups in total. The van der Waals surface area contributed by atoms with E-state index in [2.05, 4.69) is 10.1 Å². The van der Waals surface area contributed by atoms with Gasteiger partial charge in [-0.1, -0.05) is 6.07 Å². The Bertz CT molecular complexity index is 1270. The Kier molecular flexibility index (Phi) is 5.20. The van der Waals surface area contributed by atoms with Crippen molar-refractivity contribution < 1.29 is 15.0 Å². The SMILES string of the molecule is Cc1ccc(-n2[nH]c(C)c(C=Nc3cc([N+](=O)[O-])cc([N+](=O)[O-])c3O)c2=O)cc1C. The van der Waals surface area contributed by atoms with Crippen molar-refractivity contribution in [2.45, 2.75) is 20.8 Å². The second-order valence-electron chi connectivity index (χ2n) is 6.66. The molecule has 0 aliphatic carbocycles. The molecule has 0 saturated heterocycles. The number of aromatic amines is 1. The van der Waals surface area contributed by atoms with Crippen LogP contribution < -0.4 is 5.56 Å². The van der Waals surface area contributed by atoms with Crippen molar-refractivity contribution in [1.82, 2.24) is 9.78 Å². The Balaban J connectivity index is 2.08. The first kappa shape index (κ1) is 20.5. The number of rotatable bonds is 5. The number of hydrogen-bond acceptors (Lipinski definition) is 7. The highest BCUT2D eigenvalue weighted by Gasteiger charge is 2.23. The number of nitrogens with one attached hydrogen (secondary N) is 1. The molecule has 0 fully saturated rings. The van der Waals surface area contributed by atoms with Crippen molar-refractivity contribution in [3.8, 4) is 11.4 Å². The number of aliphatic imine (C=N–C) groups is 1. The predicted molar refractivity (Wildman–Crippen MR) is 109 cm³/mol. The fraction of sp³-hybridized carbons (Fsp3) is 0.158. The molecule has 154 valence electrons. The number of H-pyrrole nitrogens is 1. The highest BCUT2D eigenvalue weighted by molar-refractivity contribution is 5.85. The number of phenolic OH excluding ortho intramolecular Hbond substituents is 1. The van der Waals surface area contributed by atoms with E-state index >= 15 is 0 Å². The lowest BCUT2D eigenvalue weighted by molar-refractivity contribution is -0.394. The van der Waals surface area contributed by atoms with E-state index in [0.717, 1.165) is 23.4 Å². The van der Waals surface area contributed by atoms with Gasteiger partial charge < -0.3 is 5.11 Å². The Labute approximate surface area is 169 Å². The molecule has 1 heterocycles. The van der Waals surface area contributed by atoms with Crippen molar-refractivity contribution >= 4 is 23.3 Å². The number of nitro groups is 2. The van der Waals surface area contributed by atoms with Gasteiger partial charge in [0.25, 0.3) is 11.2 Å². The van der Waals surface area contributed by atoms with E-state index < -0.39 is 38.2 Å². The molecule has 0 unspecified atom stereocenters. The second kappa shape index (κ2) is 7.62. The van der Waals surface area contributed by atoms with Crippen molar-refractivity contribution in [1.29, 1.82) is 0 Å². The summed E-state index contributed by atoms with van der Waals surface area (Å²) in [7, 11) is 0. The minimum absolute atomic E-state index is 0.141. The maximum absolute atomic E-state index is 12.8. The van der Waals surface area contributed by atoms with E-state index in [4.69, 9.17) is 0 Å². The first-order chi connectivity index (χ1) is 14.1.